The van der Waals surface area contributed by atoms with Gasteiger partial charge in [0.15, 0.2) is 0 Å². The van der Waals surface area contributed by atoms with Crippen LogP contribution in [0.5, 0.6) is 0 Å². The van der Waals surface area contributed by atoms with E-state index in [4.69, 9.17) is 23.2 Å². The first-order valence-corrected chi connectivity index (χ1v) is 7.66. The van der Waals surface area contributed by atoms with Gasteiger partial charge in [-0.25, -0.2) is 0 Å². The van der Waals surface area contributed by atoms with Crippen molar-refractivity contribution in [2.24, 2.45) is 7.05 Å². The molecule has 1 aromatic carbocycles. The van der Waals surface area contributed by atoms with Crippen molar-refractivity contribution >= 4 is 29.1 Å². The van der Waals surface area contributed by atoms with E-state index in [0.29, 0.717) is 22.2 Å². The Bertz CT molecular complexity index is 667. The van der Waals surface area contributed by atoms with Gasteiger partial charge in [-0.3, -0.25) is 9.69 Å². The fourth-order valence-corrected chi connectivity index (χ4v) is 2.60. The monoisotopic (exact) mass is 339 g/mol. The lowest BCUT2D eigenvalue weighted by Crippen LogP contribution is -2.35. The van der Waals surface area contributed by atoms with Crippen LogP contribution in [0.3, 0.4) is 0 Å². The van der Waals surface area contributed by atoms with Crippen molar-refractivity contribution in [2.45, 2.75) is 6.04 Å². The number of nitrogens with zero attached hydrogens (tertiary/aromatic N) is 2. The standard InChI is InChI=1S/C16H19Cl2N3O/c1-20(2)15(14-5-4-8-21(14)3)10-19-16(22)11-6-7-12(17)13(18)9-11/h4-9,15H,10H2,1-3H3,(H,19,22). The Morgan fingerprint density at radius 2 is 2.00 bits per heavy atom. The Kier molecular flexibility index (Phi) is 5.51. The molecule has 0 aliphatic rings. The second-order valence-corrected chi connectivity index (χ2v) is 6.18. The van der Waals surface area contributed by atoms with Crippen molar-refractivity contribution in [3.05, 3.63) is 57.8 Å². The number of carbonyl (C=O) groups is 1. The number of halogens is 2. The Hall–Kier alpha value is -1.49. The number of carbonyl (C=O) groups excluding carboxylic acids is 1. The minimum atomic E-state index is -0.167. The van der Waals surface area contributed by atoms with Crippen LogP contribution in [0.15, 0.2) is 36.5 Å². The number of rotatable bonds is 5. The third-order valence-electron chi connectivity index (χ3n) is 3.59. The van der Waals surface area contributed by atoms with Crippen LogP contribution in [-0.4, -0.2) is 36.0 Å². The number of aryl methyl sites for hydroxylation is 1. The van der Waals surface area contributed by atoms with Crippen LogP contribution in [0.4, 0.5) is 0 Å². The largest absolute Gasteiger partial charge is 0.353 e. The Labute approximate surface area is 140 Å². The van der Waals surface area contributed by atoms with Crippen LogP contribution in [0.1, 0.15) is 22.1 Å². The van der Waals surface area contributed by atoms with E-state index in [1.165, 1.54) is 0 Å². The Balaban J connectivity index is 2.08. The SMILES string of the molecule is CN(C)C(CNC(=O)c1ccc(Cl)c(Cl)c1)c1cccn1C. The predicted octanol–water partition coefficient (Wildman–Crippen LogP) is 3.36. The summed E-state index contributed by atoms with van der Waals surface area (Å²) in [5, 5.41) is 3.76. The lowest BCUT2D eigenvalue weighted by Gasteiger charge is -2.25. The summed E-state index contributed by atoms with van der Waals surface area (Å²) >= 11 is 11.8. The van der Waals surface area contributed by atoms with Gasteiger partial charge in [0.25, 0.3) is 5.91 Å². The Morgan fingerprint density at radius 1 is 1.27 bits per heavy atom. The maximum atomic E-state index is 12.3. The second kappa shape index (κ2) is 7.18. The fourth-order valence-electron chi connectivity index (χ4n) is 2.30. The van der Waals surface area contributed by atoms with Gasteiger partial charge in [-0.05, 0) is 44.4 Å². The molecule has 6 heteroatoms. The van der Waals surface area contributed by atoms with Crippen LogP contribution in [0, 0.1) is 0 Å². The molecule has 118 valence electrons. The summed E-state index contributed by atoms with van der Waals surface area (Å²) in [6.45, 7) is 0.504. The average molecular weight is 340 g/mol. The number of amides is 1. The topological polar surface area (TPSA) is 37.3 Å². The van der Waals surface area contributed by atoms with Crippen LogP contribution >= 0.6 is 23.2 Å². The van der Waals surface area contributed by atoms with E-state index in [1.807, 2.05) is 33.4 Å². The van der Waals surface area contributed by atoms with E-state index in [2.05, 4.69) is 20.9 Å². The van der Waals surface area contributed by atoms with Crippen LogP contribution < -0.4 is 5.32 Å². The number of benzene rings is 1. The normalized spacial score (nSPS) is 12.5. The zero-order valence-electron chi connectivity index (χ0n) is 12.8. The minimum absolute atomic E-state index is 0.0896. The highest BCUT2D eigenvalue weighted by Gasteiger charge is 2.18. The van der Waals surface area contributed by atoms with Gasteiger partial charge in [0.05, 0.1) is 16.1 Å². The summed E-state index contributed by atoms with van der Waals surface area (Å²) in [5.74, 6) is -0.167. The molecule has 0 aliphatic carbocycles. The molecule has 0 bridgehead atoms. The molecule has 1 N–H and O–H groups in total. The molecule has 1 atom stereocenters. The van der Waals surface area contributed by atoms with Gasteiger partial charge in [-0.1, -0.05) is 23.2 Å². The summed E-state index contributed by atoms with van der Waals surface area (Å²) in [5.41, 5.74) is 1.64. The zero-order chi connectivity index (χ0) is 16.3. The summed E-state index contributed by atoms with van der Waals surface area (Å²) in [6.07, 6.45) is 1.99. The van der Waals surface area contributed by atoms with Crippen molar-refractivity contribution in [3.8, 4) is 0 Å². The highest BCUT2D eigenvalue weighted by Crippen LogP contribution is 2.23. The smallest absolute Gasteiger partial charge is 0.251 e. The van der Waals surface area contributed by atoms with Crippen molar-refractivity contribution in [1.82, 2.24) is 14.8 Å². The van der Waals surface area contributed by atoms with Crippen molar-refractivity contribution < 1.29 is 4.79 Å². The van der Waals surface area contributed by atoms with Gasteiger partial charge >= 0.3 is 0 Å². The number of aromatic nitrogens is 1. The van der Waals surface area contributed by atoms with Gasteiger partial charge < -0.3 is 9.88 Å². The molecule has 2 aromatic rings. The molecular formula is C16H19Cl2N3O. The zero-order valence-corrected chi connectivity index (χ0v) is 14.3. The summed E-state index contributed by atoms with van der Waals surface area (Å²) < 4.78 is 2.05. The van der Waals surface area contributed by atoms with Crippen molar-refractivity contribution in [2.75, 3.05) is 20.6 Å². The minimum Gasteiger partial charge on any atom is -0.353 e. The third-order valence-corrected chi connectivity index (χ3v) is 4.33. The Morgan fingerprint density at radius 3 is 2.55 bits per heavy atom. The maximum Gasteiger partial charge on any atom is 0.251 e. The van der Waals surface area contributed by atoms with Gasteiger partial charge in [0, 0.05) is 31.0 Å². The fraction of sp³-hybridized carbons (Fsp3) is 0.312. The quantitative estimate of drug-likeness (QED) is 0.906. The molecule has 0 aliphatic heterocycles. The van der Waals surface area contributed by atoms with E-state index in [9.17, 15) is 4.79 Å². The van der Waals surface area contributed by atoms with Gasteiger partial charge in [-0.2, -0.15) is 0 Å². The first-order valence-electron chi connectivity index (χ1n) is 6.91. The van der Waals surface area contributed by atoms with E-state index < -0.39 is 0 Å². The third kappa shape index (κ3) is 3.83. The van der Waals surface area contributed by atoms with E-state index in [-0.39, 0.29) is 11.9 Å². The first-order chi connectivity index (χ1) is 10.4. The molecule has 1 amide bonds. The highest BCUT2D eigenvalue weighted by molar-refractivity contribution is 6.42. The molecule has 22 heavy (non-hydrogen) atoms. The molecule has 0 saturated carbocycles. The molecule has 0 radical (unpaired) electrons. The molecule has 0 spiro atoms. The lowest BCUT2D eigenvalue weighted by atomic mass is 10.1. The number of nitrogens with one attached hydrogen (secondary N) is 1. The summed E-state index contributed by atoms with van der Waals surface area (Å²) in [7, 11) is 5.97. The average Bonchev–Trinajstić information content (AvgIpc) is 2.88. The van der Waals surface area contributed by atoms with E-state index >= 15 is 0 Å². The molecule has 1 aromatic heterocycles. The van der Waals surface area contributed by atoms with Gasteiger partial charge in [0.1, 0.15) is 0 Å². The van der Waals surface area contributed by atoms with Crippen LogP contribution in [0.25, 0.3) is 0 Å². The predicted molar refractivity (Wildman–Crippen MR) is 90.6 cm³/mol. The number of hydrogen-bond donors (Lipinski definition) is 1. The number of likely N-dealkylation sites (N-methyl/N-ethyl adjacent to an activating group) is 1. The molecule has 0 fully saturated rings. The van der Waals surface area contributed by atoms with Gasteiger partial charge in [0.2, 0.25) is 0 Å². The van der Waals surface area contributed by atoms with Crippen LogP contribution in [0.2, 0.25) is 10.0 Å². The maximum absolute atomic E-state index is 12.3. The number of hydrogen-bond acceptors (Lipinski definition) is 2. The first kappa shape index (κ1) is 16.9. The van der Waals surface area contributed by atoms with Gasteiger partial charge in [-0.15, -0.1) is 0 Å². The molecule has 0 saturated heterocycles. The highest BCUT2D eigenvalue weighted by atomic mass is 35.5. The molecule has 4 nitrogen and oxygen atoms in total. The summed E-state index contributed by atoms with van der Waals surface area (Å²) in [4.78, 5) is 14.3. The van der Waals surface area contributed by atoms with Crippen molar-refractivity contribution in [3.63, 3.8) is 0 Å². The molecule has 1 heterocycles. The van der Waals surface area contributed by atoms with E-state index in [0.717, 1.165) is 5.69 Å². The van der Waals surface area contributed by atoms with E-state index in [1.54, 1.807) is 18.2 Å². The van der Waals surface area contributed by atoms with Crippen molar-refractivity contribution in [1.29, 1.82) is 0 Å². The summed E-state index contributed by atoms with van der Waals surface area (Å²) in [6, 6.07) is 9.00. The molecule has 2 rings (SSSR count). The van der Waals surface area contributed by atoms with Crippen LogP contribution in [-0.2, 0) is 7.05 Å². The second-order valence-electron chi connectivity index (χ2n) is 5.36. The molecule has 1 unspecified atom stereocenters. The lowest BCUT2D eigenvalue weighted by molar-refractivity contribution is 0.0941. The molecular weight excluding hydrogens is 321 g/mol.